The van der Waals surface area contributed by atoms with Crippen molar-refractivity contribution in [2.24, 2.45) is 0 Å². The molecule has 1 aromatic heterocycles. The first-order valence-corrected chi connectivity index (χ1v) is 8.17. The minimum Gasteiger partial charge on any atom is -0.391 e. The van der Waals surface area contributed by atoms with E-state index in [4.69, 9.17) is 0 Å². The topological polar surface area (TPSA) is 53.4 Å². The van der Waals surface area contributed by atoms with E-state index in [1.165, 1.54) is 12.1 Å². The van der Waals surface area contributed by atoms with Gasteiger partial charge in [-0.05, 0) is 43.5 Å². The molecule has 1 N–H and O–H groups in total. The summed E-state index contributed by atoms with van der Waals surface area (Å²) in [7, 11) is 0. The van der Waals surface area contributed by atoms with E-state index in [9.17, 15) is 14.3 Å². The molecule has 1 aromatic carbocycles. The molecule has 23 heavy (non-hydrogen) atoms. The molecule has 1 atom stereocenters. The summed E-state index contributed by atoms with van der Waals surface area (Å²) >= 11 is 0. The number of fused-ring (bicyclic) bond motifs is 1. The van der Waals surface area contributed by atoms with Gasteiger partial charge < -0.3 is 10.0 Å². The zero-order chi connectivity index (χ0) is 16.0. The van der Waals surface area contributed by atoms with Crippen LogP contribution in [0.1, 0.15) is 42.5 Å². The Balaban J connectivity index is 1.80. The lowest BCUT2D eigenvalue weighted by atomic mass is 9.90. The van der Waals surface area contributed by atoms with Gasteiger partial charge in [0.1, 0.15) is 5.82 Å². The van der Waals surface area contributed by atoms with Gasteiger partial charge in [0.2, 0.25) is 0 Å². The fourth-order valence-electron chi connectivity index (χ4n) is 4.27. The average molecular weight is 314 g/mol. The van der Waals surface area contributed by atoms with Crippen LogP contribution in [0, 0.1) is 5.82 Å². The Labute approximate surface area is 133 Å². The molecule has 4 nitrogen and oxygen atoms in total. The highest BCUT2D eigenvalue weighted by Gasteiger charge is 2.51. The van der Waals surface area contributed by atoms with Crippen molar-refractivity contribution in [2.45, 2.75) is 43.7 Å². The first kappa shape index (κ1) is 14.6. The molecule has 1 spiro atoms. The summed E-state index contributed by atoms with van der Waals surface area (Å²) in [4.78, 5) is 19.2. The Kier molecular flexibility index (Phi) is 3.34. The van der Waals surface area contributed by atoms with Crippen molar-refractivity contribution >= 4 is 16.8 Å². The number of rotatable bonds is 1. The van der Waals surface area contributed by atoms with E-state index >= 15 is 0 Å². The summed E-state index contributed by atoms with van der Waals surface area (Å²) in [5.74, 6) is -0.520. The van der Waals surface area contributed by atoms with E-state index in [-0.39, 0.29) is 11.7 Å². The summed E-state index contributed by atoms with van der Waals surface area (Å²) in [5.41, 5.74) is 0.376. The molecule has 1 aliphatic heterocycles. The number of halogens is 1. The predicted molar refractivity (Wildman–Crippen MR) is 84.6 cm³/mol. The standard InChI is InChI=1S/C18H19FN2O2/c19-14-6-5-13(16-12(14)4-3-10-20-16)17(23)21-11-7-15(22)18(21)8-1-2-9-18/h3-6,10,15,22H,1-2,7-9,11H2. The van der Waals surface area contributed by atoms with Crippen molar-refractivity contribution in [1.29, 1.82) is 0 Å². The monoisotopic (exact) mass is 314 g/mol. The highest BCUT2D eigenvalue weighted by molar-refractivity contribution is 6.06. The molecule has 2 fully saturated rings. The zero-order valence-electron chi connectivity index (χ0n) is 12.8. The Morgan fingerprint density at radius 2 is 2.09 bits per heavy atom. The van der Waals surface area contributed by atoms with Crippen LogP contribution in [-0.4, -0.2) is 39.1 Å². The molecular weight excluding hydrogens is 295 g/mol. The molecule has 120 valence electrons. The van der Waals surface area contributed by atoms with Crippen molar-refractivity contribution < 1.29 is 14.3 Å². The molecular formula is C18H19FN2O2. The minimum atomic E-state index is -0.464. The molecule has 4 rings (SSSR count). The summed E-state index contributed by atoms with van der Waals surface area (Å²) in [6.07, 6.45) is 5.46. The highest BCUT2D eigenvalue weighted by Crippen LogP contribution is 2.44. The lowest BCUT2D eigenvalue weighted by molar-refractivity contribution is 0.0262. The second-order valence-corrected chi connectivity index (χ2v) is 6.57. The van der Waals surface area contributed by atoms with E-state index < -0.39 is 11.6 Å². The molecule has 1 saturated heterocycles. The van der Waals surface area contributed by atoms with Crippen LogP contribution in [-0.2, 0) is 0 Å². The van der Waals surface area contributed by atoms with Crippen LogP contribution >= 0.6 is 0 Å². The first-order valence-electron chi connectivity index (χ1n) is 8.17. The Hall–Kier alpha value is -2.01. The lowest BCUT2D eigenvalue weighted by Gasteiger charge is -2.37. The molecule has 1 saturated carbocycles. The Bertz CT molecular complexity index is 771. The second-order valence-electron chi connectivity index (χ2n) is 6.57. The van der Waals surface area contributed by atoms with Crippen molar-refractivity contribution in [3.8, 4) is 0 Å². The number of aromatic nitrogens is 1. The van der Waals surface area contributed by atoms with Crippen molar-refractivity contribution in [1.82, 2.24) is 9.88 Å². The third kappa shape index (κ3) is 2.06. The molecule has 0 bridgehead atoms. The quantitative estimate of drug-likeness (QED) is 0.880. The smallest absolute Gasteiger partial charge is 0.256 e. The van der Waals surface area contributed by atoms with Gasteiger partial charge in [-0.15, -0.1) is 0 Å². The summed E-state index contributed by atoms with van der Waals surface area (Å²) in [6, 6.07) is 6.14. The number of pyridine rings is 1. The number of hydrogen-bond donors (Lipinski definition) is 1. The number of aliphatic hydroxyl groups excluding tert-OH is 1. The van der Waals surface area contributed by atoms with Crippen LogP contribution in [0.2, 0.25) is 0 Å². The van der Waals surface area contributed by atoms with E-state index in [0.717, 1.165) is 25.7 Å². The van der Waals surface area contributed by atoms with E-state index in [2.05, 4.69) is 4.98 Å². The number of benzene rings is 1. The molecule has 5 heteroatoms. The SMILES string of the molecule is O=C(c1ccc(F)c2cccnc12)N1CCC(O)C12CCCC2. The maximum absolute atomic E-state index is 14.0. The largest absolute Gasteiger partial charge is 0.391 e. The molecule has 1 aliphatic carbocycles. The number of likely N-dealkylation sites (tertiary alicyclic amines) is 1. The van der Waals surface area contributed by atoms with Gasteiger partial charge in [-0.25, -0.2) is 4.39 Å². The normalized spacial score (nSPS) is 23.0. The van der Waals surface area contributed by atoms with Gasteiger partial charge in [0.25, 0.3) is 5.91 Å². The molecule has 2 aliphatic rings. The van der Waals surface area contributed by atoms with Crippen LogP contribution in [0.3, 0.4) is 0 Å². The number of amides is 1. The molecule has 2 aromatic rings. The van der Waals surface area contributed by atoms with Crippen LogP contribution in [0.4, 0.5) is 4.39 Å². The van der Waals surface area contributed by atoms with Gasteiger partial charge in [-0.2, -0.15) is 0 Å². The van der Waals surface area contributed by atoms with Crippen molar-refractivity contribution in [3.63, 3.8) is 0 Å². The van der Waals surface area contributed by atoms with Gasteiger partial charge in [0.05, 0.1) is 22.7 Å². The number of nitrogens with zero attached hydrogens (tertiary/aromatic N) is 2. The second kappa shape index (κ2) is 5.27. The van der Waals surface area contributed by atoms with Crippen LogP contribution < -0.4 is 0 Å². The average Bonchev–Trinajstić information content (AvgIpc) is 3.17. The Morgan fingerprint density at radius 3 is 2.87 bits per heavy atom. The van der Waals surface area contributed by atoms with E-state index in [1.54, 1.807) is 18.3 Å². The van der Waals surface area contributed by atoms with Gasteiger partial charge in [0, 0.05) is 18.1 Å². The van der Waals surface area contributed by atoms with Crippen LogP contribution in [0.5, 0.6) is 0 Å². The lowest BCUT2D eigenvalue weighted by Crippen LogP contribution is -2.50. The summed E-state index contributed by atoms with van der Waals surface area (Å²) in [6.45, 7) is 0.547. The molecule has 1 unspecified atom stereocenters. The zero-order valence-corrected chi connectivity index (χ0v) is 12.8. The van der Waals surface area contributed by atoms with Gasteiger partial charge >= 0.3 is 0 Å². The summed E-state index contributed by atoms with van der Waals surface area (Å²) < 4.78 is 14.0. The predicted octanol–water partition coefficient (Wildman–Crippen LogP) is 2.89. The number of aliphatic hydroxyl groups is 1. The molecule has 1 amide bonds. The minimum absolute atomic E-state index is 0.146. The van der Waals surface area contributed by atoms with E-state index in [0.29, 0.717) is 29.4 Å². The Morgan fingerprint density at radius 1 is 1.30 bits per heavy atom. The summed E-state index contributed by atoms with van der Waals surface area (Å²) in [5, 5.41) is 10.8. The third-order valence-corrected chi connectivity index (χ3v) is 5.45. The van der Waals surface area contributed by atoms with Crippen molar-refractivity contribution in [2.75, 3.05) is 6.54 Å². The molecule has 0 radical (unpaired) electrons. The van der Waals surface area contributed by atoms with Gasteiger partial charge in [0.15, 0.2) is 0 Å². The van der Waals surface area contributed by atoms with Crippen LogP contribution in [0.25, 0.3) is 10.9 Å². The number of hydrogen-bond acceptors (Lipinski definition) is 3. The van der Waals surface area contributed by atoms with Crippen molar-refractivity contribution in [3.05, 3.63) is 41.8 Å². The number of carbonyl (C=O) groups excluding carboxylic acids is 1. The highest BCUT2D eigenvalue weighted by atomic mass is 19.1. The fourth-order valence-corrected chi connectivity index (χ4v) is 4.27. The maximum Gasteiger partial charge on any atom is 0.256 e. The maximum atomic E-state index is 14.0. The van der Waals surface area contributed by atoms with E-state index in [1.807, 2.05) is 4.90 Å². The number of carbonyl (C=O) groups is 1. The van der Waals surface area contributed by atoms with Gasteiger partial charge in [-0.3, -0.25) is 9.78 Å². The van der Waals surface area contributed by atoms with Crippen LogP contribution in [0.15, 0.2) is 30.5 Å². The molecule has 2 heterocycles. The first-order chi connectivity index (χ1) is 11.1. The van der Waals surface area contributed by atoms with Gasteiger partial charge in [-0.1, -0.05) is 12.8 Å². The fraction of sp³-hybridized carbons (Fsp3) is 0.444. The third-order valence-electron chi connectivity index (χ3n) is 5.45.